The molecule has 21 heavy (non-hydrogen) atoms. The molecule has 1 saturated carbocycles. The van der Waals surface area contributed by atoms with Crippen molar-refractivity contribution >= 4 is 5.91 Å². The van der Waals surface area contributed by atoms with Crippen LogP contribution in [-0.4, -0.2) is 36.6 Å². The fourth-order valence-electron chi connectivity index (χ4n) is 3.65. The number of likely N-dealkylation sites (tertiary alicyclic amines) is 1. The van der Waals surface area contributed by atoms with Gasteiger partial charge in [0.05, 0.1) is 5.92 Å². The van der Waals surface area contributed by atoms with E-state index in [2.05, 4.69) is 0 Å². The fraction of sp³-hybridized carbons (Fsp3) is 0.933. The molecule has 122 valence electrons. The lowest BCUT2D eigenvalue weighted by Crippen LogP contribution is -2.44. The summed E-state index contributed by atoms with van der Waals surface area (Å²) < 4.78 is 38.5. The van der Waals surface area contributed by atoms with Crippen LogP contribution >= 0.6 is 0 Å². The molecule has 2 N–H and O–H groups in total. The molecule has 1 aliphatic heterocycles. The lowest BCUT2D eigenvalue weighted by atomic mass is 9.80. The van der Waals surface area contributed by atoms with Crippen LogP contribution in [0.1, 0.15) is 44.9 Å². The highest BCUT2D eigenvalue weighted by molar-refractivity contribution is 5.79. The standard InChI is InChI=1S/C15H25F3N2O/c16-15(17,18)13-3-1-2-12(10-13)14(21)20-8-5-11(4-7-19)6-9-20/h11-13H,1-10,19H2. The van der Waals surface area contributed by atoms with E-state index in [1.54, 1.807) is 4.90 Å². The van der Waals surface area contributed by atoms with Crippen LogP contribution in [0.3, 0.4) is 0 Å². The van der Waals surface area contributed by atoms with Crippen molar-refractivity contribution in [1.29, 1.82) is 0 Å². The second-order valence-corrected chi connectivity index (χ2v) is 6.45. The smallest absolute Gasteiger partial charge is 0.342 e. The summed E-state index contributed by atoms with van der Waals surface area (Å²) in [5, 5.41) is 0. The maximum Gasteiger partial charge on any atom is 0.391 e. The van der Waals surface area contributed by atoms with Gasteiger partial charge < -0.3 is 10.6 Å². The number of amides is 1. The van der Waals surface area contributed by atoms with Gasteiger partial charge >= 0.3 is 6.18 Å². The molecule has 1 heterocycles. The molecule has 0 aromatic carbocycles. The molecule has 0 spiro atoms. The van der Waals surface area contributed by atoms with Crippen molar-refractivity contribution in [3.05, 3.63) is 0 Å². The molecule has 2 aliphatic rings. The molecule has 2 unspecified atom stereocenters. The summed E-state index contributed by atoms with van der Waals surface area (Å²) in [6, 6.07) is 0. The zero-order chi connectivity index (χ0) is 15.5. The highest BCUT2D eigenvalue weighted by Gasteiger charge is 2.44. The Morgan fingerprint density at radius 3 is 2.38 bits per heavy atom. The Morgan fingerprint density at radius 2 is 1.81 bits per heavy atom. The minimum Gasteiger partial charge on any atom is -0.342 e. The molecule has 1 aliphatic carbocycles. The van der Waals surface area contributed by atoms with E-state index in [-0.39, 0.29) is 18.7 Å². The topological polar surface area (TPSA) is 46.3 Å². The number of carbonyl (C=O) groups is 1. The Balaban J connectivity index is 1.86. The van der Waals surface area contributed by atoms with Gasteiger partial charge in [-0.15, -0.1) is 0 Å². The van der Waals surface area contributed by atoms with Gasteiger partial charge in [-0.1, -0.05) is 6.42 Å². The van der Waals surface area contributed by atoms with Gasteiger partial charge in [0.2, 0.25) is 5.91 Å². The quantitative estimate of drug-likeness (QED) is 0.871. The van der Waals surface area contributed by atoms with E-state index in [1.807, 2.05) is 0 Å². The van der Waals surface area contributed by atoms with Crippen molar-refractivity contribution in [2.75, 3.05) is 19.6 Å². The van der Waals surface area contributed by atoms with Crippen molar-refractivity contribution in [2.24, 2.45) is 23.5 Å². The number of alkyl halides is 3. The number of hydrogen-bond donors (Lipinski definition) is 1. The third-order valence-electron chi connectivity index (χ3n) is 4.99. The Kier molecular flexibility index (Phi) is 5.52. The van der Waals surface area contributed by atoms with Crippen LogP contribution in [0.2, 0.25) is 0 Å². The molecular formula is C15H25F3N2O. The highest BCUT2D eigenvalue weighted by atomic mass is 19.4. The zero-order valence-corrected chi connectivity index (χ0v) is 12.4. The first kappa shape index (κ1) is 16.6. The Labute approximate surface area is 124 Å². The van der Waals surface area contributed by atoms with Crippen molar-refractivity contribution in [1.82, 2.24) is 4.90 Å². The molecule has 2 fully saturated rings. The summed E-state index contributed by atoms with van der Waals surface area (Å²) in [4.78, 5) is 14.2. The molecule has 0 radical (unpaired) electrons. The molecule has 0 aromatic heterocycles. The van der Waals surface area contributed by atoms with Gasteiger partial charge in [0.1, 0.15) is 0 Å². The molecule has 0 aromatic rings. The molecule has 0 bridgehead atoms. The summed E-state index contributed by atoms with van der Waals surface area (Å²) >= 11 is 0. The Hall–Kier alpha value is -0.780. The summed E-state index contributed by atoms with van der Waals surface area (Å²) in [6.07, 6.45) is -0.0688. The molecule has 2 rings (SSSR count). The van der Waals surface area contributed by atoms with Crippen molar-refractivity contribution in [3.63, 3.8) is 0 Å². The largest absolute Gasteiger partial charge is 0.391 e. The predicted octanol–water partition coefficient (Wildman–Crippen LogP) is 2.94. The van der Waals surface area contributed by atoms with Crippen LogP contribution in [-0.2, 0) is 4.79 Å². The molecule has 1 saturated heterocycles. The summed E-state index contributed by atoms with van der Waals surface area (Å²) in [6.45, 7) is 2.02. The third-order valence-corrected chi connectivity index (χ3v) is 4.99. The third kappa shape index (κ3) is 4.34. The van der Waals surface area contributed by atoms with E-state index in [1.165, 1.54) is 0 Å². The average Bonchev–Trinajstić information content (AvgIpc) is 2.47. The van der Waals surface area contributed by atoms with Crippen LogP contribution in [0.4, 0.5) is 13.2 Å². The summed E-state index contributed by atoms with van der Waals surface area (Å²) in [5.74, 6) is -1.23. The second kappa shape index (κ2) is 6.99. The monoisotopic (exact) mass is 306 g/mol. The first-order valence-electron chi connectivity index (χ1n) is 7.97. The zero-order valence-electron chi connectivity index (χ0n) is 12.4. The minimum atomic E-state index is -4.16. The number of rotatable bonds is 3. The van der Waals surface area contributed by atoms with Gasteiger partial charge in [0, 0.05) is 19.0 Å². The summed E-state index contributed by atoms with van der Waals surface area (Å²) in [5.41, 5.74) is 5.54. The van der Waals surface area contributed by atoms with Gasteiger partial charge in [-0.05, 0) is 51.0 Å². The van der Waals surface area contributed by atoms with Gasteiger partial charge in [-0.2, -0.15) is 13.2 Å². The van der Waals surface area contributed by atoms with E-state index in [0.29, 0.717) is 38.4 Å². The van der Waals surface area contributed by atoms with Crippen LogP contribution in [0.25, 0.3) is 0 Å². The first-order valence-corrected chi connectivity index (χ1v) is 7.97. The van der Waals surface area contributed by atoms with Crippen LogP contribution in [0, 0.1) is 17.8 Å². The van der Waals surface area contributed by atoms with E-state index in [9.17, 15) is 18.0 Å². The van der Waals surface area contributed by atoms with Crippen LogP contribution in [0.5, 0.6) is 0 Å². The van der Waals surface area contributed by atoms with E-state index in [0.717, 1.165) is 19.3 Å². The van der Waals surface area contributed by atoms with E-state index >= 15 is 0 Å². The molecular weight excluding hydrogens is 281 g/mol. The Morgan fingerprint density at radius 1 is 1.14 bits per heavy atom. The van der Waals surface area contributed by atoms with Crippen molar-refractivity contribution in [2.45, 2.75) is 51.1 Å². The molecule has 2 atom stereocenters. The van der Waals surface area contributed by atoms with Gasteiger partial charge in [-0.25, -0.2) is 0 Å². The van der Waals surface area contributed by atoms with E-state index in [4.69, 9.17) is 5.73 Å². The second-order valence-electron chi connectivity index (χ2n) is 6.45. The SMILES string of the molecule is NCCC1CCN(C(=O)C2CCCC(C(F)(F)F)C2)CC1. The molecule has 3 nitrogen and oxygen atoms in total. The van der Waals surface area contributed by atoms with Crippen LogP contribution in [0.15, 0.2) is 0 Å². The van der Waals surface area contributed by atoms with E-state index < -0.39 is 18.0 Å². The summed E-state index contributed by atoms with van der Waals surface area (Å²) in [7, 11) is 0. The predicted molar refractivity (Wildman–Crippen MR) is 74.5 cm³/mol. The number of hydrogen-bond acceptors (Lipinski definition) is 2. The number of nitrogens with zero attached hydrogens (tertiary/aromatic N) is 1. The number of halogens is 3. The lowest BCUT2D eigenvalue weighted by molar-refractivity contribution is -0.187. The lowest BCUT2D eigenvalue weighted by Gasteiger charge is -2.37. The maximum absolute atomic E-state index is 12.8. The van der Waals surface area contributed by atoms with Crippen LogP contribution < -0.4 is 5.73 Å². The molecule has 6 heteroatoms. The maximum atomic E-state index is 12.8. The molecule has 1 amide bonds. The normalized spacial score (nSPS) is 28.7. The van der Waals surface area contributed by atoms with Gasteiger partial charge in [0.25, 0.3) is 0 Å². The van der Waals surface area contributed by atoms with Crippen molar-refractivity contribution < 1.29 is 18.0 Å². The minimum absolute atomic E-state index is 0.0228. The van der Waals surface area contributed by atoms with Gasteiger partial charge in [0.15, 0.2) is 0 Å². The number of carbonyl (C=O) groups excluding carboxylic acids is 1. The first-order chi connectivity index (χ1) is 9.91. The number of piperidine rings is 1. The average molecular weight is 306 g/mol. The van der Waals surface area contributed by atoms with Gasteiger partial charge in [-0.3, -0.25) is 4.79 Å². The number of nitrogens with two attached hydrogens (primary N) is 1. The fourth-order valence-corrected chi connectivity index (χ4v) is 3.65. The van der Waals surface area contributed by atoms with Crippen molar-refractivity contribution in [3.8, 4) is 0 Å². The Bertz CT molecular complexity index is 351. The highest BCUT2D eigenvalue weighted by Crippen LogP contribution is 2.40.